The van der Waals surface area contributed by atoms with Crippen LogP contribution >= 0.6 is 0 Å². The normalized spacial score (nSPS) is 16.3. The molecule has 1 fully saturated rings. The van der Waals surface area contributed by atoms with E-state index in [1.807, 2.05) is 84.9 Å². The molecular weight excluding hydrogens is 436 g/mol. The minimum Gasteiger partial charge on any atom is -0.481 e. The highest BCUT2D eigenvalue weighted by Gasteiger charge is 2.49. The smallest absolute Gasteiger partial charge is 0.307 e. The van der Waals surface area contributed by atoms with Crippen molar-refractivity contribution >= 4 is 11.9 Å². The van der Waals surface area contributed by atoms with E-state index in [-0.39, 0.29) is 18.2 Å². The average Bonchev–Trinajstić information content (AvgIpc) is 3.33. The zero-order valence-electron chi connectivity index (χ0n) is 20.1. The van der Waals surface area contributed by atoms with Crippen LogP contribution in [0.2, 0.25) is 0 Å². The summed E-state index contributed by atoms with van der Waals surface area (Å²) < 4.78 is 0. The molecule has 4 rings (SSSR count). The molecule has 3 aromatic carbocycles. The second kappa shape index (κ2) is 11.3. The summed E-state index contributed by atoms with van der Waals surface area (Å²) in [6, 6.07) is 27.9. The molecule has 0 aliphatic carbocycles. The summed E-state index contributed by atoms with van der Waals surface area (Å²) >= 11 is 0. The fourth-order valence-electron chi connectivity index (χ4n) is 5.58. The molecule has 35 heavy (non-hydrogen) atoms. The van der Waals surface area contributed by atoms with Crippen molar-refractivity contribution in [3.05, 3.63) is 107 Å². The predicted molar refractivity (Wildman–Crippen MR) is 138 cm³/mol. The summed E-state index contributed by atoms with van der Waals surface area (Å²) in [5, 5.41) is 8.91. The molecule has 1 atom stereocenters. The van der Waals surface area contributed by atoms with Gasteiger partial charge in [-0.2, -0.15) is 0 Å². The first-order valence-electron chi connectivity index (χ1n) is 12.4. The molecule has 0 bridgehead atoms. The largest absolute Gasteiger partial charge is 0.481 e. The Kier molecular flexibility index (Phi) is 7.98. The third kappa shape index (κ3) is 5.63. The van der Waals surface area contributed by atoms with Crippen molar-refractivity contribution in [2.45, 2.75) is 37.5 Å². The lowest BCUT2D eigenvalue weighted by Crippen LogP contribution is -2.49. The number of rotatable bonds is 11. The van der Waals surface area contributed by atoms with Crippen molar-refractivity contribution < 1.29 is 14.7 Å². The molecule has 0 saturated carbocycles. The van der Waals surface area contributed by atoms with Crippen molar-refractivity contribution in [1.29, 1.82) is 0 Å². The number of aryl methyl sites for hydroxylation is 1. The fraction of sp³-hybridized carbons (Fsp3) is 0.333. The summed E-state index contributed by atoms with van der Waals surface area (Å²) in [4.78, 5) is 26.5. The van der Waals surface area contributed by atoms with Gasteiger partial charge in [-0.3, -0.25) is 9.59 Å². The van der Waals surface area contributed by atoms with E-state index in [0.717, 1.165) is 62.0 Å². The zero-order valence-corrected chi connectivity index (χ0v) is 20.1. The van der Waals surface area contributed by atoms with Gasteiger partial charge in [0.2, 0.25) is 5.91 Å². The number of nitrogens with two attached hydrogens (primary N) is 1. The van der Waals surface area contributed by atoms with E-state index in [9.17, 15) is 9.59 Å². The number of carbonyl (C=O) groups excluding carboxylic acids is 1. The summed E-state index contributed by atoms with van der Waals surface area (Å²) in [6.07, 6.45) is 4.11. The van der Waals surface area contributed by atoms with Gasteiger partial charge in [-0.25, -0.2) is 0 Å². The second-order valence-corrected chi connectivity index (χ2v) is 9.53. The zero-order chi connectivity index (χ0) is 24.7. The third-order valence-electron chi connectivity index (χ3n) is 7.30. The Bertz CT molecular complexity index is 1070. The number of nitrogens with zero attached hydrogens (tertiary/aromatic N) is 1. The van der Waals surface area contributed by atoms with E-state index in [1.165, 1.54) is 5.56 Å². The number of unbranched alkanes of at least 4 members (excludes halogenated alkanes) is 1. The minimum absolute atomic E-state index is 0.0646. The Balaban J connectivity index is 1.39. The highest BCUT2D eigenvalue weighted by atomic mass is 16.4. The fourth-order valence-corrected chi connectivity index (χ4v) is 5.58. The van der Waals surface area contributed by atoms with Crippen LogP contribution in [-0.2, 0) is 27.8 Å². The maximum Gasteiger partial charge on any atom is 0.307 e. The molecular formula is C30H34N2O3. The van der Waals surface area contributed by atoms with Crippen LogP contribution in [0.5, 0.6) is 0 Å². The van der Waals surface area contributed by atoms with Crippen LogP contribution in [0.3, 0.4) is 0 Å². The number of carboxylic acid groups (broad SMARTS) is 1. The first-order valence-corrected chi connectivity index (χ1v) is 12.4. The van der Waals surface area contributed by atoms with E-state index in [1.54, 1.807) is 0 Å². The number of hydrogen-bond donors (Lipinski definition) is 2. The number of likely N-dealkylation sites (tertiary alicyclic amines) is 1. The van der Waals surface area contributed by atoms with Gasteiger partial charge in [0, 0.05) is 6.54 Å². The summed E-state index contributed by atoms with van der Waals surface area (Å²) in [6.45, 7) is 2.80. The highest BCUT2D eigenvalue weighted by molar-refractivity contribution is 5.91. The Hall–Kier alpha value is -3.44. The Morgan fingerprint density at radius 1 is 0.857 bits per heavy atom. The van der Waals surface area contributed by atoms with Gasteiger partial charge in [0.1, 0.15) is 5.41 Å². The van der Waals surface area contributed by atoms with Crippen molar-refractivity contribution in [2.75, 3.05) is 19.6 Å². The Labute approximate surface area is 207 Å². The minimum atomic E-state index is -0.838. The van der Waals surface area contributed by atoms with Crippen molar-refractivity contribution in [3.63, 3.8) is 0 Å². The molecule has 182 valence electrons. The molecule has 0 radical (unpaired) electrons. The highest BCUT2D eigenvalue weighted by Crippen LogP contribution is 2.43. The van der Waals surface area contributed by atoms with Gasteiger partial charge in [-0.05, 0) is 66.9 Å². The lowest BCUT2D eigenvalue weighted by molar-refractivity contribution is -0.136. The van der Waals surface area contributed by atoms with E-state index in [4.69, 9.17) is 10.8 Å². The Morgan fingerprint density at radius 2 is 1.43 bits per heavy atom. The van der Waals surface area contributed by atoms with E-state index >= 15 is 0 Å². The molecule has 1 aliphatic heterocycles. The summed E-state index contributed by atoms with van der Waals surface area (Å²) in [5.41, 5.74) is 9.36. The molecule has 3 aromatic rings. The molecule has 1 saturated heterocycles. The molecule has 0 spiro atoms. The van der Waals surface area contributed by atoms with E-state index < -0.39 is 11.4 Å². The number of carboxylic acids is 1. The predicted octanol–water partition coefficient (Wildman–Crippen LogP) is 4.43. The van der Waals surface area contributed by atoms with Crippen LogP contribution < -0.4 is 5.73 Å². The molecule has 0 aromatic heterocycles. The van der Waals surface area contributed by atoms with Crippen molar-refractivity contribution in [2.24, 2.45) is 11.7 Å². The number of amides is 1. The summed E-state index contributed by atoms with van der Waals surface area (Å²) in [7, 11) is 0. The molecule has 0 unspecified atom stereocenters. The number of primary amides is 1. The lowest BCUT2D eigenvalue weighted by atomic mass is 9.64. The van der Waals surface area contributed by atoms with Gasteiger partial charge < -0.3 is 15.7 Å². The molecule has 1 aliphatic rings. The van der Waals surface area contributed by atoms with Crippen LogP contribution in [0.25, 0.3) is 0 Å². The van der Waals surface area contributed by atoms with Gasteiger partial charge in [-0.1, -0.05) is 84.9 Å². The quantitative estimate of drug-likeness (QED) is 0.406. The van der Waals surface area contributed by atoms with Gasteiger partial charge in [0.25, 0.3) is 0 Å². The molecule has 3 N–H and O–H groups in total. The number of hydrogen-bond acceptors (Lipinski definition) is 3. The van der Waals surface area contributed by atoms with E-state index in [2.05, 4.69) is 4.90 Å². The van der Waals surface area contributed by atoms with Gasteiger partial charge in [0.15, 0.2) is 0 Å². The first kappa shape index (κ1) is 24.7. The van der Waals surface area contributed by atoms with Crippen molar-refractivity contribution in [1.82, 2.24) is 4.90 Å². The number of benzene rings is 3. The molecule has 5 nitrogen and oxygen atoms in total. The number of aliphatic carboxylic acids is 1. The molecule has 1 amide bonds. The first-order chi connectivity index (χ1) is 17.0. The van der Waals surface area contributed by atoms with Crippen LogP contribution in [-0.4, -0.2) is 41.5 Å². The topological polar surface area (TPSA) is 83.6 Å². The van der Waals surface area contributed by atoms with Gasteiger partial charge >= 0.3 is 5.97 Å². The Morgan fingerprint density at radius 3 is 1.97 bits per heavy atom. The standard InChI is InChI=1S/C30H34N2O3/c31-29(35)30(25-10-3-1-4-11-25,26-12-5-2-6-13-26)27-18-20-32(22-27)19-8-7-9-23-14-16-24(17-15-23)21-28(33)34/h1-6,10-17,27H,7-9,18-22H2,(H2,31,35)(H,33,34)/t27-/m1/s1. The molecule has 5 heteroatoms. The summed E-state index contributed by atoms with van der Waals surface area (Å²) in [5.74, 6) is -0.971. The second-order valence-electron chi connectivity index (χ2n) is 9.53. The average molecular weight is 471 g/mol. The monoisotopic (exact) mass is 470 g/mol. The third-order valence-corrected chi connectivity index (χ3v) is 7.30. The van der Waals surface area contributed by atoms with Crippen LogP contribution in [0.15, 0.2) is 84.9 Å². The lowest BCUT2D eigenvalue weighted by Gasteiger charge is -2.37. The van der Waals surface area contributed by atoms with Gasteiger partial charge in [0.05, 0.1) is 6.42 Å². The maximum absolute atomic E-state index is 13.2. The maximum atomic E-state index is 13.2. The van der Waals surface area contributed by atoms with Crippen LogP contribution in [0.4, 0.5) is 0 Å². The SMILES string of the molecule is NC(=O)C(c1ccccc1)(c1ccccc1)[C@@H]1CCN(CCCCc2ccc(CC(=O)O)cc2)C1. The van der Waals surface area contributed by atoms with Crippen LogP contribution in [0.1, 0.15) is 41.5 Å². The van der Waals surface area contributed by atoms with Crippen molar-refractivity contribution in [3.8, 4) is 0 Å². The van der Waals surface area contributed by atoms with E-state index in [0.29, 0.717) is 0 Å². The molecule has 1 heterocycles. The van der Waals surface area contributed by atoms with Crippen LogP contribution in [0, 0.1) is 5.92 Å². The van der Waals surface area contributed by atoms with Gasteiger partial charge in [-0.15, -0.1) is 0 Å². The number of carbonyl (C=O) groups is 2.